The molecule has 1 unspecified atom stereocenters. The maximum absolute atomic E-state index is 6.12. The summed E-state index contributed by atoms with van der Waals surface area (Å²) in [6, 6.07) is 14.8. The summed E-state index contributed by atoms with van der Waals surface area (Å²) < 4.78 is 2.24. The van der Waals surface area contributed by atoms with Crippen LogP contribution in [-0.2, 0) is 6.54 Å². The summed E-state index contributed by atoms with van der Waals surface area (Å²) in [5.41, 5.74) is 12.1. The van der Waals surface area contributed by atoms with Gasteiger partial charge in [-0.3, -0.25) is 0 Å². The summed E-state index contributed by atoms with van der Waals surface area (Å²) in [6.45, 7) is 7.03. The first-order valence-electron chi connectivity index (χ1n) is 7.33. The Morgan fingerprint density at radius 3 is 2.62 bits per heavy atom. The maximum Gasteiger partial charge on any atom is 0.126 e. The molecular weight excluding hydrogens is 258 g/mol. The molecule has 0 bridgehead atoms. The van der Waals surface area contributed by atoms with E-state index in [9.17, 15) is 0 Å². The van der Waals surface area contributed by atoms with Crippen molar-refractivity contribution in [2.45, 2.75) is 33.4 Å². The molecule has 1 aromatic heterocycles. The SMILES string of the molecule is Cc1ccc2c(c1)nc(C(C)N)n2Cc1ccccc1C. The number of nitrogens with two attached hydrogens (primary N) is 1. The molecule has 1 heterocycles. The van der Waals surface area contributed by atoms with Gasteiger partial charge in [-0.2, -0.15) is 0 Å². The molecule has 0 aliphatic carbocycles. The van der Waals surface area contributed by atoms with Gasteiger partial charge in [-0.1, -0.05) is 30.3 Å². The first-order valence-corrected chi connectivity index (χ1v) is 7.33. The third-order valence-corrected chi connectivity index (χ3v) is 3.93. The van der Waals surface area contributed by atoms with Crippen molar-refractivity contribution in [3.8, 4) is 0 Å². The first kappa shape index (κ1) is 13.8. The molecule has 2 aromatic carbocycles. The summed E-state index contributed by atoms with van der Waals surface area (Å²) in [5, 5.41) is 0. The van der Waals surface area contributed by atoms with Crippen molar-refractivity contribution < 1.29 is 0 Å². The zero-order valence-corrected chi connectivity index (χ0v) is 12.8. The number of benzene rings is 2. The second kappa shape index (κ2) is 5.34. The Morgan fingerprint density at radius 2 is 1.90 bits per heavy atom. The van der Waals surface area contributed by atoms with Crippen LogP contribution in [0.3, 0.4) is 0 Å². The van der Waals surface area contributed by atoms with Crippen molar-refractivity contribution >= 4 is 11.0 Å². The van der Waals surface area contributed by atoms with Gasteiger partial charge in [0.05, 0.1) is 17.1 Å². The molecule has 108 valence electrons. The quantitative estimate of drug-likeness (QED) is 0.794. The Labute approximate surface area is 125 Å². The Morgan fingerprint density at radius 1 is 1.14 bits per heavy atom. The normalized spacial score (nSPS) is 12.8. The molecule has 3 rings (SSSR count). The molecule has 1 atom stereocenters. The highest BCUT2D eigenvalue weighted by molar-refractivity contribution is 5.77. The topological polar surface area (TPSA) is 43.8 Å². The van der Waals surface area contributed by atoms with E-state index in [1.807, 2.05) is 6.92 Å². The largest absolute Gasteiger partial charge is 0.322 e. The lowest BCUT2D eigenvalue weighted by molar-refractivity contribution is 0.662. The van der Waals surface area contributed by atoms with Gasteiger partial charge in [-0.15, -0.1) is 0 Å². The average Bonchev–Trinajstić information content (AvgIpc) is 2.79. The zero-order valence-electron chi connectivity index (χ0n) is 12.8. The van der Waals surface area contributed by atoms with Crippen LogP contribution >= 0.6 is 0 Å². The number of aryl methyl sites for hydroxylation is 2. The van der Waals surface area contributed by atoms with Crippen molar-refractivity contribution in [2.24, 2.45) is 5.73 Å². The lowest BCUT2D eigenvalue weighted by Crippen LogP contribution is -2.14. The van der Waals surface area contributed by atoms with E-state index >= 15 is 0 Å². The molecule has 0 aliphatic heterocycles. The Bertz CT molecular complexity index is 784. The summed E-state index contributed by atoms with van der Waals surface area (Å²) >= 11 is 0. The van der Waals surface area contributed by atoms with Crippen LogP contribution in [0.4, 0.5) is 0 Å². The molecule has 0 radical (unpaired) electrons. The number of imidazole rings is 1. The van der Waals surface area contributed by atoms with Gasteiger partial charge < -0.3 is 10.3 Å². The summed E-state index contributed by atoms with van der Waals surface area (Å²) in [7, 11) is 0. The van der Waals surface area contributed by atoms with E-state index in [4.69, 9.17) is 10.7 Å². The van der Waals surface area contributed by atoms with Crippen LogP contribution in [0.1, 0.15) is 35.5 Å². The predicted octanol–water partition coefficient (Wildman–Crippen LogP) is 3.72. The highest BCUT2D eigenvalue weighted by Gasteiger charge is 2.14. The van der Waals surface area contributed by atoms with Crippen LogP contribution in [0, 0.1) is 13.8 Å². The highest BCUT2D eigenvalue weighted by atomic mass is 15.1. The van der Waals surface area contributed by atoms with E-state index in [0.717, 1.165) is 23.4 Å². The van der Waals surface area contributed by atoms with Gasteiger partial charge in [0.1, 0.15) is 5.82 Å². The van der Waals surface area contributed by atoms with E-state index in [2.05, 4.69) is 60.9 Å². The Balaban J connectivity index is 2.16. The third-order valence-electron chi connectivity index (χ3n) is 3.93. The predicted molar refractivity (Wildman–Crippen MR) is 87.4 cm³/mol. The molecule has 2 N–H and O–H groups in total. The fourth-order valence-electron chi connectivity index (χ4n) is 2.73. The third kappa shape index (κ3) is 2.57. The molecule has 0 amide bonds. The minimum Gasteiger partial charge on any atom is -0.322 e. The van der Waals surface area contributed by atoms with Crippen LogP contribution in [-0.4, -0.2) is 9.55 Å². The van der Waals surface area contributed by atoms with E-state index in [1.165, 1.54) is 16.7 Å². The number of fused-ring (bicyclic) bond motifs is 1. The van der Waals surface area contributed by atoms with Crippen molar-refractivity contribution in [1.82, 2.24) is 9.55 Å². The molecule has 0 spiro atoms. The minimum atomic E-state index is -0.0817. The van der Waals surface area contributed by atoms with E-state index in [0.29, 0.717) is 0 Å². The number of hydrogen-bond donors (Lipinski definition) is 1. The number of hydrogen-bond acceptors (Lipinski definition) is 2. The smallest absolute Gasteiger partial charge is 0.126 e. The van der Waals surface area contributed by atoms with Gasteiger partial charge in [-0.05, 0) is 49.6 Å². The van der Waals surface area contributed by atoms with Gasteiger partial charge in [0.15, 0.2) is 0 Å². The molecule has 0 fully saturated rings. The van der Waals surface area contributed by atoms with Crippen LogP contribution in [0.25, 0.3) is 11.0 Å². The molecule has 0 saturated heterocycles. The summed E-state index contributed by atoms with van der Waals surface area (Å²) in [5.74, 6) is 0.943. The Kier molecular flexibility index (Phi) is 3.52. The van der Waals surface area contributed by atoms with Gasteiger partial charge >= 0.3 is 0 Å². The van der Waals surface area contributed by atoms with Crippen molar-refractivity contribution in [3.63, 3.8) is 0 Å². The van der Waals surface area contributed by atoms with E-state index < -0.39 is 0 Å². The van der Waals surface area contributed by atoms with E-state index in [1.54, 1.807) is 0 Å². The molecule has 3 nitrogen and oxygen atoms in total. The second-order valence-corrected chi connectivity index (χ2v) is 5.76. The number of nitrogens with zero attached hydrogens (tertiary/aromatic N) is 2. The highest BCUT2D eigenvalue weighted by Crippen LogP contribution is 2.23. The Hall–Kier alpha value is -2.13. The van der Waals surface area contributed by atoms with Crippen molar-refractivity contribution in [3.05, 3.63) is 65.0 Å². The van der Waals surface area contributed by atoms with Gasteiger partial charge in [0, 0.05) is 6.54 Å². The van der Waals surface area contributed by atoms with Gasteiger partial charge in [0.25, 0.3) is 0 Å². The van der Waals surface area contributed by atoms with Crippen LogP contribution in [0.2, 0.25) is 0 Å². The molecule has 3 heteroatoms. The summed E-state index contributed by atoms with van der Waals surface area (Å²) in [6.07, 6.45) is 0. The number of rotatable bonds is 3. The lowest BCUT2D eigenvalue weighted by Gasteiger charge is -2.13. The van der Waals surface area contributed by atoms with Gasteiger partial charge in [-0.25, -0.2) is 4.98 Å². The molecule has 0 aliphatic rings. The van der Waals surface area contributed by atoms with Crippen LogP contribution in [0.5, 0.6) is 0 Å². The maximum atomic E-state index is 6.12. The lowest BCUT2D eigenvalue weighted by atomic mass is 10.1. The first-order chi connectivity index (χ1) is 10.1. The standard InChI is InChI=1S/C18H21N3/c1-12-8-9-17-16(10-12)20-18(14(3)19)21(17)11-15-7-5-4-6-13(15)2/h4-10,14H,11,19H2,1-3H3. The molecule has 21 heavy (non-hydrogen) atoms. The van der Waals surface area contributed by atoms with Gasteiger partial charge in [0.2, 0.25) is 0 Å². The van der Waals surface area contributed by atoms with E-state index in [-0.39, 0.29) is 6.04 Å². The molecule has 0 saturated carbocycles. The molecule has 3 aromatic rings. The van der Waals surface area contributed by atoms with Crippen LogP contribution in [0.15, 0.2) is 42.5 Å². The summed E-state index contributed by atoms with van der Waals surface area (Å²) in [4.78, 5) is 4.74. The minimum absolute atomic E-state index is 0.0817. The van der Waals surface area contributed by atoms with Crippen molar-refractivity contribution in [2.75, 3.05) is 0 Å². The fourth-order valence-corrected chi connectivity index (χ4v) is 2.73. The number of aromatic nitrogens is 2. The molecular formula is C18H21N3. The average molecular weight is 279 g/mol. The zero-order chi connectivity index (χ0) is 15.0. The van der Waals surface area contributed by atoms with Crippen LogP contribution < -0.4 is 5.73 Å². The fraction of sp³-hybridized carbons (Fsp3) is 0.278. The second-order valence-electron chi connectivity index (χ2n) is 5.76. The monoisotopic (exact) mass is 279 g/mol. The van der Waals surface area contributed by atoms with Crippen molar-refractivity contribution in [1.29, 1.82) is 0 Å².